The summed E-state index contributed by atoms with van der Waals surface area (Å²) in [6.45, 7) is 10.2. The zero-order chi connectivity index (χ0) is 24.1. The number of nitrogens with zero attached hydrogens (tertiary/aromatic N) is 4. The molecule has 2 aliphatic heterocycles. The molecule has 0 unspecified atom stereocenters. The van der Waals surface area contributed by atoms with E-state index in [1.165, 1.54) is 26.4 Å². The van der Waals surface area contributed by atoms with Crippen LogP contribution in [0.2, 0.25) is 0 Å². The van der Waals surface area contributed by atoms with Gasteiger partial charge in [0.2, 0.25) is 5.91 Å². The second kappa shape index (κ2) is 9.04. The molecule has 35 heavy (non-hydrogen) atoms. The van der Waals surface area contributed by atoms with Crippen LogP contribution in [0.1, 0.15) is 54.5 Å². The van der Waals surface area contributed by atoms with E-state index in [0.717, 1.165) is 49.2 Å². The first-order chi connectivity index (χ1) is 17.0. The Kier molecular flexibility index (Phi) is 5.86. The minimum absolute atomic E-state index is 0.187. The van der Waals surface area contributed by atoms with E-state index in [2.05, 4.69) is 59.5 Å². The summed E-state index contributed by atoms with van der Waals surface area (Å²) in [6.07, 6.45) is 5.69. The fourth-order valence-corrected chi connectivity index (χ4v) is 7.04. The Hall–Kier alpha value is -2.75. The molecule has 6 rings (SSSR count). The monoisotopic (exact) mass is 492 g/mol. The number of amides is 1. The van der Waals surface area contributed by atoms with Crippen molar-refractivity contribution >= 4 is 33.1 Å². The van der Waals surface area contributed by atoms with E-state index >= 15 is 0 Å². The second-order valence-corrected chi connectivity index (χ2v) is 11.2. The smallest absolute Gasteiger partial charge is 0.242 e. The minimum atomic E-state index is -0.187. The zero-order valence-corrected chi connectivity index (χ0v) is 21.3. The predicted molar refractivity (Wildman–Crippen MR) is 138 cm³/mol. The highest BCUT2D eigenvalue weighted by molar-refractivity contribution is 7.19. The first-order valence-electron chi connectivity index (χ1n) is 12.5. The normalized spacial score (nSPS) is 19.9. The minimum Gasteiger partial charge on any atom is -0.378 e. The molecular formula is C26H32N6O2S. The molecule has 0 saturated carbocycles. The number of carbonyl (C=O) groups excluding carboxylic acids is 1. The summed E-state index contributed by atoms with van der Waals surface area (Å²) in [6, 6.07) is 4.35. The fourth-order valence-electron chi connectivity index (χ4n) is 5.56. The van der Waals surface area contributed by atoms with Gasteiger partial charge in [0.25, 0.3) is 0 Å². The van der Waals surface area contributed by atoms with Crippen LogP contribution in [0.25, 0.3) is 27.1 Å². The van der Waals surface area contributed by atoms with Gasteiger partial charge in [-0.2, -0.15) is 5.10 Å². The number of carbonyl (C=O) groups is 1. The number of hydrogen-bond donors (Lipinski definition) is 2. The predicted octanol–water partition coefficient (Wildman–Crippen LogP) is 4.07. The number of ether oxygens (including phenoxy) is 1. The highest BCUT2D eigenvalue weighted by Crippen LogP contribution is 2.43. The first-order valence-corrected chi connectivity index (χ1v) is 13.4. The number of fused-ring (bicyclic) bond motifs is 2. The molecule has 2 saturated heterocycles. The Morgan fingerprint density at radius 3 is 2.83 bits per heavy atom. The number of H-pyrrole nitrogens is 1. The van der Waals surface area contributed by atoms with E-state index in [1.54, 1.807) is 6.33 Å². The van der Waals surface area contributed by atoms with Gasteiger partial charge in [-0.25, -0.2) is 9.50 Å². The number of aryl methyl sites for hydroxylation is 1. The van der Waals surface area contributed by atoms with Crippen molar-refractivity contribution in [3.05, 3.63) is 40.7 Å². The largest absolute Gasteiger partial charge is 0.378 e. The number of aromatic nitrogens is 4. The quantitative estimate of drug-likeness (QED) is 0.449. The summed E-state index contributed by atoms with van der Waals surface area (Å²) in [5.74, 6) is 1.08. The molecule has 1 amide bonds. The lowest BCUT2D eigenvalue weighted by Gasteiger charge is -2.35. The maximum atomic E-state index is 12.8. The van der Waals surface area contributed by atoms with Gasteiger partial charge in [0.1, 0.15) is 12.4 Å². The van der Waals surface area contributed by atoms with E-state index in [4.69, 9.17) is 4.74 Å². The van der Waals surface area contributed by atoms with Crippen LogP contribution in [0.5, 0.6) is 0 Å². The van der Waals surface area contributed by atoms with Crippen LogP contribution in [-0.2, 0) is 9.53 Å². The van der Waals surface area contributed by atoms with Crippen molar-refractivity contribution in [2.75, 3.05) is 32.8 Å². The first kappa shape index (κ1) is 22.7. The lowest BCUT2D eigenvalue weighted by Crippen LogP contribution is -2.53. The number of nitrogens with one attached hydrogen (secondary N) is 2. The molecule has 0 radical (unpaired) electrons. The molecule has 9 heteroatoms. The lowest BCUT2D eigenvalue weighted by atomic mass is 9.94. The Morgan fingerprint density at radius 1 is 1.26 bits per heavy atom. The molecule has 6 heterocycles. The molecule has 4 aromatic rings. The molecule has 1 atom stereocenters. The van der Waals surface area contributed by atoms with Gasteiger partial charge in [-0.15, -0.1) is 11.3 Å². The van der Waals surface area contributed by atoms with Gasteiger partial charge in [0, 0.05) is 36.3 Å². The van der Waals surface area contributed by atoms with Gasteiger partial charge in [0.15, 0.2) is 5.65 Å². The number of thiophene rings is 1. The average molecular weight is 493 g/mol. The number of aromatic amines is 1. The zero-order valence-electron chi connectivity index (χ0n) is 20.5. The van der Waals surface area contributed by atoms with Crippen LogP contribution >= 0.6 is 11.3 Å². The molecule has 0 spiro atoms. The molecule has 184 valence electrons. The van der Waals surface area contributed by atoms with Crippen molar-refractivity contribution in [1.29, 1.82) is 0 Å². The third-order valence-electron chi connectivity index (χ3n) is 7.38. The Bertz CT molecular complexity index is 1370. The molecule has 0 aromatic carbocycles. The molecule has 2 N–H and O–H groups in total. The number of hydrogen-bond acceptors (Lipinski definition) is 6. The van der Waals surface area contributed by atoms with Crippen LogP contribution in [0.15, 0.2) is 24.7 Å². The second-order valence-electron chi connectivity index (χ2n) is 10.1. The van der Waals surface area contributed by atoms with Crippen molar-refractivity contribution in [3.8, 4) is 11.3 Å². The van der Waals surface area contributed by atoms with Crippen LogP contribution < -0.4 is 5.32 Å². The maximum Gasteiger partial charge on any atom is 0.242 e. The van der Waals surface area contributed by atoms with Crippen LogP contribution in [-0.4, -0.2) is 69.3 Å². The SMILES string of the molecule is Cc1cc(-c2[nH]c3cc(C4CCN(C(=O)[C@@H]5COCCN5)CC4)sc3c2C(C)C)cn2ncnc12. The fraction of sp³-hybridized carbons (Fsp3) is 0.500. The molecular weight excluding hydrogens is 460 g/mol. The highest BCUT2D eigenvalue weighted by atomic mass is 32.1. The molecule has 4 aromatic heterocycles. The van der Waals surface area contributed by atoms with Crippen LogP contribution in [0.4, 0.5) is 0 Å². The van der Waals surface area contributed by atoms with Crippen molar-refractivity contribution < 1.29 is 9.53 Å². The summed E-state index contributed by atoms with van der Waals surface area (Å²) >= 11 is 1.92. The summed E-state index contributed by atoms with van der Waals surface area (Å²) in [5, 5.41) is 7.65. The van der Waals surface area contributed by atoms with Crippen molar-refractivity contribution in [2.24, 2.45) is 0 Å². The molecule has 2 fully saturated rings. The Morgan fingerprint density at radius 2 is 2.09 bits per heavy atom. The summed E-state index contributed by atoms with van der Waals surface area (Å²) in [7, 11) is 0. The van der Waals surface area contributed by atoms with Gasteiger partial charge in [0.05, 0.1) is 29.1 Å². The number of piperidine rings is 1. The van der Waals surface area contributed by atoms with E-state index < -0.39 is 0 Å². The number of pyridine rings is 1. The Labute approximate surface area is 208 Å². The Balaban J connectivity index is 1.24. The third kappa shape index (κ3) is 4.05. The van der Waals surface area contributed by atoms with Crippen LogP contribution in [0, 0.1) is 6.92 Å². The van der Waals surface area contributed by atoms with Gasteiger partial charge in [-0.05, 0) is 54.9 Å². The van der Waals surface area contributed by atoms with Crippen molar-refractivity contribution in [1.82, 2.24) is 29.8 Å². The summed E-state index contributed by atoms with van der Waals surface area (Å²) in [5.41, 5.74) is 6.90. The van der Waals surface area contributed by atoms with Gasteiger partial charge >= 0.3 is 0 Å². The average Bonchev–Trinajstić information content (AvgIpc) is 3.58. The van der Waals surface area contributed by atoms with Crippen molar-refractivity contribution in [3.63, 3.8) is 0 Å². The molecule has 0 aliphatic carbocycles. The number of morpholine rings is 1. The van der Waals surface area contributed by atoms with Gasteiger partial charge in [-0.1, -0.05) is 13.8 Å². The van der Waals surface area contributed by atoms with E-state index in [9.17, 15) is 4.79 Å². The van der Waals surface area contributed by atoms with Crippen LogP contribution in [0.3, 0.4) is 0 Å². The van der Waals surface area contributed by atoms with Gasteiger partial charge in [-0.3, -0.25) is 4.79 Å². The summed E-state index contributed by atoms with van der Waals surface area (Å²) in [4.78, 5) is 24.4. The van der Waals surface area contributed by atoms with Crippen molar-refractivity contribution in [2.45, 2.75) is 51.5 Å². The molecule has 0 bridgehead atoms. The number of likely N-dealkylation sites (tertiary alicyclic amines) is 1. The summed E-state index contributed by atoms with van der Waals surface area (Å²) < 4.78 is 8.70. The number of rotatable bonds is 4. The highest BCUT2D eigenvalue weighted by Gasteiger charge is 2.31. The van der Waals surface area contributed by atoms with Gasteiger partial charge < -0.3 is 19.9 Å². The third-order valence-corrected chi connectivity index (χ3v) is 8.71. The standard InChI is InChI=1S/C26H32N6O2S/c1-15(2)22-23(18-10-16(3)25-28-14-29-32(25)12-18)30-19-11-21(35-24(19)22)17-4-7-31(8-5-17)26(33)20-13-34-9-6-27-20/h10-12,14-15,17,20,27,30H,4-9,13H2,1-3H3/t20-/m0/s1. The maximum absolute atomic E-state index is 12.8. The molecule has 8 nitrogen and oxygen atoms in total. The van der Waals surface area contributed by atoms with E-state index in [1.807, 2.05) is 20.8 Å². The van der Waals surface area contributed by atoms with E-state index in [0.29, 0.717) is 25.0 Å². The molecule has 2 aliphatic rings. The van der Waals surface area contributed by atoms with E-state index in [-0.39, 0.29) is 11.9 Å². The lowest BCUT2D eigenvalue weighted by molar-refractivity contribution is -0.137. The topological polar surface area (TPSA) is 87.5 Å².